The molecule has 0 unspecified atom stereocenters. The van der Waals surface area contributed by atoms with Gasteiger partial charge < -0.3 is 10.1 Å². The smallest absolute Gasteiger partial charge is 0.370 e. The van der Waals surface area contributed by atoms with Gasteiger partial charge >= 0.3 is 6.18 Å². The summed E-state index contributed by atoms with van der Waals surface area (Å²) in [4.78, 5) is 7.94. The minimum atomic E-state index is -4.34. The minimum absolute atomic E-state index is 0.0691. The topological polar surface area (TPSA) is 77.8 Å². The number of ether oxygens (including phenoxy) is 1. The Kier molecular flexibility index (Phi) is 5.05. The number of rotatable bonds is 5. The molecule has 3 heterocycles. The molecule has 2 atom stereocenters. The Hall–Kier alpha value is -2.85. The predicted octanol–water partition coefficient (Wildman–Crippen LogP) is 2.48. The summed E-state index contributed by atoms with van der Waals surface area (Å²) in [6.07, 6.45) is 2.06. The summed E-state index contributed by atoms with van der Waals surface area (Å²) in [5.41, 5.74) is 1.44. The van der Waals surface area contributed by atoms with Gasteiger partial charge in [-0.15, -0.1) is 5.10 Å². The van der Waals surface area contributed by atoms with E-state index in [1.807, 2.05) is 6.20 Å². The highest BCUT2D eigenvalue weighted by Crippen LogP contribution is 2.29. The van der Waals surface area contributed by atoms with Crippen molar-refractivity contribution in [3.05, 3.63) is 60.3 Å². The Morgan fingerprint density at radius 2 is 1.86 bits per heavy atom. The molecule has 1 N–H and O–H groups in total. The number of nitrogens with zero attached hydrogens (tertiary/aromatic N) is 5. The molecule has 3 aromatic rings. The zero-order chi connectivity index (χ0) is 19.6. The van der Waals surface area contributed by atoms with E-state index >= 15 is 0 Å². The van der Waals surface area contributed by atoms with Crippen LogP contribution in [0.25, 0.3) is 11.3 Å². The van der Waals surface area contributed by atoms with Crippen molar-refractivity contribution in [3.8, 4) is 11.3 Å². The lowest BCUT2D eigenvalue weighted by Gasteiger charge is -2.19. The van der Waals surface area contributed by atoms with Crippen molar-refractivity contribution in [2.45, 2.75) is 24.9 Å². The molecule has 146 valence electrons. The number of hydrogen-bond donors (Lipinski definition) is 1. The van der Waals surface area contributed by atoms with Crippen LogP contribution < -0.4 is 5.32 Å². The number of hydrogen-bond acceptors (Lipinski definition) is 6. The lowest BCUT2D eigenvalue weighted by atomic mass is 10.1. The van der Waals surface area contributed by atoms with E-state index in [9.17, 15) is 13.2 Å². The first-order chi connectivity index (χ1) is 13.5. The summed E-state index contributed by atoms with van der Waals surface area (Å²) < 4.78 is 45.6. The third-order valence-electron chi connectivity index (χ3n) is 4.58. The van der Waals surface area contributed by atoms with E-state index < -0.39 is 11.7 Å². The SMILES string of the molecule is FC(F)(F)c1ccc(CO[C@@H]2CNC[C@H]2n2cc(-c3cncnc3)nn2)cc1. The van der Waals surface area contributed by atoms with Crippen LogP contribution >= 0.6 is 0 Å². The van der Waals surface area contributed by atoms with Crippen LogP contribution in [0.1, 0.15) is 17.2 Å². The van der Waals surface area contributed by atoms with Gasteiger partial charge in [0.1, 0.15) is 12.0 Å². The number of benzene rings is 1. The molecule has 0 aliphatic carbocycles. The van der Waals surface area contributed by atoms with Gasteiger partial charge in [0.2, 0.25) is 0 Å². The van der Waals surface area contributed by atoms with E-state index in [0.717, 1.165) is 17.7 Å². The van der Waals surface area contributed by atoms with Crippen LogP contribution in [0, 0.1) is 0 Å². The molecule has 0 radical (unpaired) electrons. The van der Waals surface area contributed by atoms with E-state index in [1.54, 1.807) is 17.1 Å². The van der Waals surface area contributed by atoms with Gasteiger partial charge in [-0.25, -0.2) is 14.6 Å². The highest BCUT2D eigenvalue weighted by Gasteiger charge is 2.31. The zero-order valence-electron chi connectivity index (χ0n) is 14.7. The highest BCUT2D eigenvalue weighted by molar-refractivity contribution is 5.54. The van der Waals surface area contributed by atoms with Crippen molar-refractivity contribution in [3.63, 3.8) is 0 Å². The van der Waals surface area contributed by atoms with E-state index in [4.69, 9.17) is 4.74 Å². The zero-order valence-corrected chi connectivity index (χ0v) is 14.7. The van der Waals surface area contributed by atoms with E-state index in [1.165, 1.54) is 18.5 Å². The number of nitrogens with one attached hydrogen (secondary N) is 1. The largest absolute Gasteiger partial charge is 0.416 e. The highest BCUT2D eigenvalue weighted by atomic mass is 19.4. The summed E-state index contributed by atoms with van der Waals surface area (Å²) in [5.74, 6) is 0. The minimum Gasteiger partial charge on any atom is -0.370 e. The Balaban J connectivity index is 1.41. The van der Waals surface area contributed by atoms with E-state index in [0.29, 0.717) is 24.3 Å². The molecule has 10 heteroatoms. The molecule has 28 heavy (non-hydrogen) atoms. The molecular formula is C18H17F3N6O. The molecule has 1 fully saturated rings. The molecule has 1 aliphatic heterocycles. The fraction of sp³-hybridized carbons (Fsp3) is 0.333. The van der Waals surface area contributed by atoms with E-state index in [-0.39, 0.29) is 18.8 Å². The second kappa shape index (κ2) is 7.64. The third kappa shape index (κ3) is 4.02. The fourth-order valence-corrected chi connectivity index (χ4v) is 3.07. The maximum atomic E-state index is 12.7. The molecule has 1 aromatic carbocycles. The number of alkyl halides is 3. The normalized spacial score (nSPS) is 19.8. The standard InChI is InChI=1S/C18H17F3N6O/c19-18(20,21)14-3-1-12(2-4-14)10-28-17-8-22-7-16(17)27-9-15(25-26-27)13-5-23-11-24-6-13/h1-6,9,11,16-17,22H,7-8,10H2/t16-,17-/m1/s1. The maximum absolute atomic E-state index is 12.7. The molecule has 1 saturated heterocycles. The summed E-state index contributed by atoms with van der Waals surface area (Å²) in [6, 6.07) is 4.93. The van der Waals surface area contributed by atoms with Crippen molar-refractivity contribution >= 4 is 0 Å². The second-order valence-electron chi connectivity index (χ2n) is 6.48. The molecule has 0 saturated carbocycles. The summed E-state index contributed by atoms with van der Waals surface area (Å²) in [5, 5.41) is 11.6. The average Bonchev–Trinajstić information content (AvgIpc) is 3.36. The van der Waals surface area contributed by atoms with Crippen LogP contribution in [0.2, 0.25) is 0 Å². The van der Waals surface area contributed by atoms with Gasteiger partial charge in [0.05, 0.1) is 30.5 Å². The van der Waals surface area contributed by atoms with Crippen LogP contribution in [0.3, 0.4) is 0 Å². The first kappa shape index (κ1) is 18.5. The third-order valence-corrected chi connectivity index (χ3v) is 4.58. The van der Waals surface area contributed by atoms with E-state index in [2.05, 4.69) is 25.6 Å². The Morgan fingerprint density at radius 1 is 1.11 bits per heavy atom. The van der Waals surface area contributed by atoms with Gasteiger partial charge in [-0.1, -0.05) is 17.3 Å². The van der Waals surface area contributed by atoms with Crippen LogP contribution in [0.15, 0.2) is 49.2 Å². The van der Waals surface area contributed by atoms with Gasteiger partial charge in [0.25, 0.3) is 0 Å². The summed E-state index contributed by atoms with van der Waals surface area (Å²) >= 11 is 0. The Bertz CT molecular complexity index is 913. The Morgan fingerprint density at radius 3 is 2.57 bits per heavy atom. The molecular weight excluding hydrogens is 373 g/mol. The number of aromatic nitrogens is 5. The lowest BCUT2D eigenvalue weighted by Crippen LogP contribution is -2.26. The lowest BCUT2D eigenvalue weighted by molar-refractivity contribution is -0.137. The molecule has 4 rings (SSSR count). The quantitative estimate of drug-likeness (QED) is 0.721. The van der Waals surface area contributed by atoms with Crippen molar-refractivity contribution < 1.29 is 17.9 Å². The second-order valence-corrected chi connectivity index (χ2v) is 6.48. The van der Waals surface area contributed by atoms with Crippen LogP contribution in [0.4, 0.5) is 13.2 Å². The van der Waals surface area contributed by atoms with Crippen molar-refractivity contribution in [1.29, 1.82) is 0 Å². The van der Waals surface area contributed by atoms with Crippen LogP contribution in [0.5, 0.6) is 0 Å². The first-order valence-corrected chi connectivity index (χ1v) is 8.66. The van der Waals surface area contributed by atoms with Gasteiger partial charge in [-0.2, -0.15) is 13.2 Å². The summed E-state index contributed by atoms with van der Waals surface area (Å²) in [7, 11) is 0. The number of halogens is 3. The van der Waals surface area contributed by atoms with Gasteiger partial charge in [-0.3, -0.25) is 0 Å². The van der Waals surface area contributed by atoms with Gasteiger partial charge in [0, 0.05) is 31.0 Å². The Labute approximate surface area is 158 Å². The van der Waals surface area contributed by atoms with Crippen molar-refractivity contribution in [2.75, 3.05) is 13.1 Å². The van der Waals surface area contributed by atoms with Crippen molar-refractivity contribution in [2.24, 2.45) is 0 Å². The average molecular weight is 390 g/mol. The molecule has 0 bridgehead atoms. The first-order valence-electron chi connectivity index (χ1n) is 8.66. The fourth-order valence-electron chi connectivity index (χ4n) is 3.07. The monoisotopic (exact) mass is 390 g/mol. The summed E-state index contributed by atoms with van der Waals surface area (Å²) in [6.45, 7) is 1.50. The van der Waals surface area contributed by atoms with Crippen molar-refractivity contribution in [1.82, 2.24) is 30.3 Å². The maximum Gasteiger partial charge on any atom is 0.416 e. The van der Waals surface area contributed by atoms with Crippen LogP contribution in [-0.2, 0) is 17.5 Å². The predicted molar refractivity (Wildman–Crippen MR) is 93.0 cm³/mol. The molecule has 7 nitrogen and oxygen atoms in total. The molecule has 0 amide bonds. The molecule has 2 aromatic heterocycles. The van der Waals surface area contributed by atoms with Gasteiger partial charge in [0.15, 0.2) is 0 Å². The molecule has 1 aliphatic rings. The van der Waals surface area contributed by atoms with Gasteiger partial charge in [-0.05, 0) is 17.7 Å². The van der Waals surface area contributed by atoms with Crippen LogP contribution in [-0.4, -0.2) is 44.2 Å². The molecule has 0 spiro atoms.